The highest BCUT2D eigenvalue weighted by atomic mass is 127. The van der Waals surface area contributed by atoms with E-state index in [1.807, 2.05) is 0 Å². The van der Waals surface area contributed by atoms with E-state index in [2.05, 4.69) is 11.4 Å². The lowest BCUT2D eigenvalue weighted by molar-refractivity contribution is 0.0212. The maximum Gasteiger partial charge on any atom is 0.0553 e. The second-order valence-electron chi connectivity index (χ2n) is 5.26. The van der Waals surface area contributed by atoms with Crippen LogP contribution in [-0.4, -0.2) is 19.1 Å². The monoisotopic (exact) mass is 308 g/mol. The molecular weight excluding hydrogens is 287 g/mol. The van der Waals surface area contributed by atoms with E-state index in [1.54, 1.807) is 0 Å². The first-order valence-corrected chi connectivity index (χ1v) is 8.30. The van der Waals surface area contributed by atoms with Crippen molar-refractivity contribution in [3.63, 3.8) is 0 Å². The summed E-state index contributed by atoms with van der Waals surface area (Å²) in [6.45, 7) is 2.46. The molecule has 82 valence electrons. The van der Waals surface area contributed by atoms with E-state index >= 15 is 0 Å². The van der Waals surface area contributed by atoms with Gasteiger partial charge in [0, 0.05) is 3.42 Å². The number of fused-ring (bicyclic) bond motifs is 1. The summed E-state index contributed by atoms with van der Waals surface area (Å²) in [5, 5.41) is 9.85. The lowest BCUT2D eigenvalue weighted by Crippen LogP contribution is -2.50. The fourth-order valence-electron chi connectivity index (χ4n) is 3.39. The Kier molecular flexibility index (Phi) is 3.04. The fourth-order valence-corrected chi connectivity index (χ4v) is 6.43. The van der Waals surface area contributed by atoms with E-state index in [4.69, 9.17) is 0 Å². The summed E-state index contributed by atoms with van der Waals surface area (Å²) in [4.78, 5) is 0. The molecule has 2 saturated carbocycles. The third kappa shape index (κ3) is 1.58. The van der Waals surface area contributed by atoms with Crippen molar-refractivity contribution >= 4 is 25.2 Å². The van der Waals surface area contributed by atoms with Gasteiger partial charge in [0.1, 0.15) is 0 Å². The molecule has 2 aliphatic rings. The molecule has 0 radical (unpaired) electrons. The minimum Gasteiger partial charge on any atom is -0.393 e. The third-order valence-corrected chi connectivity index (χ3v) is 8.22. The molecule has 2 aliphatic carbocycles. The molecule has 0 saturated heterocycles. The standard InChI is InChI=1S/C12H21IO/c1-11-6-3-4-7-12(11,13-2)9-10(14)5-8-11/h10,14H,2-9H2,1H3/t10?,11-,12?/m0/s1. The molecule has 3 atom stereocenters. The number of halogens is 1. The van der Waals surface area contributed by atoms with Crippen LogP contribution in [0.25, 0.3) is 0 Å². The van der Waals surface area contributed by atoms with E-state index in [0.29, 0.717) is 8.84 Å². The maximum absolute atomic E-state index is 9.85. The van der Waals surface area contributed by atoms with E-state index in [1.165, 1.54) is 32.1 Å². The maximum atomic E-state index is 9.85. The minimum absolute atomic E-state index is 0.0175. The summed E-state index contributed by atoms with van der Waals surface area (Å²) >= 11 is 0.0175. The van der Waals surface area contributed by atoms with Gasteiger partial charge in [-0.05, 0) is 37.5 Å². The Balaban J connectivity index is 2.29. The Morgan fingerprint density at radius 1 is 1.29 bits per heavy atom. The van der Waals surface area contributed by atoms with Gasteiger partial charge < -0.3 is 5.11 Å². The molecule has 2 fully saturated rings. The van der Waals surface area contributed by atoms with Gasteiger partial charge in [0.2, 0.25) is 0 Å². The topological polar surface area (TPSA) is 20.2 Å². The first-order chi connectivity index (χ1) is 6.62. The highest BCUT2D eigenvalue weighted by Crippen LogP contribution is 2.59. The quantitative estimate of drug-likeness (QED) is 0.582. The van der Waals surface area contributed by atoms with Gasteiger partial charge in [-0.1, -0.05) is 24.3 Å². The molecule has 0 aromatic heterocycles. The van der Waals surface area contributed by atoms with Crippen molar-refractivity contribution in [2.24, 2.45) is 5.41 Å². The summed E-state index contributed by atoms with van der Waals surface area (Å²) in [7, 11) is 0. The molecule has 1 N–H and O–H groups in total. The van der Waals surface area contributed by atoms with E-state index in [0.717, 1.165) is 12.8 Å². The van der Waals surface area contributed by atoms with E-state index < -0.39 is 0 Å². The summed E-state index contributed by atoms with van der Waals surface area (Å²) in [5.41, 5.74) is 0.527. The van der Waals surface area contributed by atoms with Gasteiger partial charge in [-0.15, -0.1) is 20.7 Å². The SMILES string of the molecule is C=IC12CCCC[C@@]1(C)CCC(O)C2. The molecule has 0 amide bonds. The molecule has 14 heavy (non-hydrogen) atoms. The second-order valence-corrected chi connectivity index (χ2v) is 8.09. The predicted molar refractivity (Wildman–Crippen MR) is 70.3 cm³/mol. The Bertz CT molecular complexity index is 240. The van der Waals surface area contributed by atoms with Crippen LogP contribution in [0, 0.1) is 5.41 Å². The summed E-state index contributed by atoms with van der Waals surface area (Å²) in [6, 6.07) is 0. The number of rotatable bonds is 1. The Morgan fingerprint density at radius 3 is 2.71 bits per heavy atom. The molecule has 0 spiro atoms. The molecule has 0 bridgehead atoms. The van der Waals surface area contributed by atoms with Gasteiger partial charge in [0.15, 0.2) is 0 Å². The molecule has 2 unspecified atom stereocenters. The van der Waals surface area contributed by atoms with Crippen LogP contribution in [0.3, 0.4) is 0 Å². The zero-order chi connectivity index (χ0) is 10.2. The van der Waals surface area contributed by atoms with Gasteiger partial charge in [-0.2, -0.15) is 0 Å². The third-order valence-electron chi connectivity index (χ3n) is 4.48. The smallest absolute Gasteiger partial charge is 0.0553 e. The zero-order valence-corrected chi connectivity index (χ0v) is 11.2. The van der Waals surface area contributed by atoms with Crippen LogP contribution in [0.1, 0.15) is 51.9 Å². The van der Waals surface area contributed by atoms with Crippen LogP contribution in [0.15, 0.2) is 0 Å². The molecule has 2 heteroatoms. The van der Waals surface area contributed by atoms with Gasteiger partial charge >= 0.3 is 0 Å². The van der Waals surface area contributed by atoms with E-state index in [-0.39, 0.29) is 26.8 Å². The average Bonchev–Trinajstić information content (AvgIpc) is 2.19. The van der Waals surface area contributed by atoms with Crippen molar-refractivity contribution < 1.29 is 5.11 Å². The Morgan fingerprint density at radius 2 is 2.00 bits per heavy atom. The van der Waals surface area contributed by atoms with Gasteiger partial charge in [0.25, 0.3) is 0 Å². The molecule has 0 aromatic carbocycles. The van der Waals surface area contributed by atoms with Gasteiger partial charge in [-0.3, -0.25) is 0 Å². The minimum atomic E-state index is -0.0253. The first kappa shape index (κ1) is 11.1. The molecule has 2 rings (SSSR count). The van der Waals surface area contributed by atoms with Crippen LogP contribution >= 0.6 is 20.7 Å². The Hall–Kier alpha value is 0.560. The lowest BCUT2D eigenvalue weighted by atomic mass is 9.60. The molecule has 0 heterocycles. The number of alkyl halides is 1. The van der Waals surface area contributed by atoms with Crippen LogP contribution in [0.5, 0.6) is 0 Å². The molecule has 1 nitrogen and oxygen atoms in total. The highest BCUT2D eigenvalue weighted by Gasteiger charge is 2.51. The molecular formula is C12H21IO. The summed E-state index contributed by atoms with van der Waals surface area (Å²) in [6.07, 6.45) is 8.80. The fraction of sp³-hybridized carbons (Fsp3) is 0.917. The number of hydrogen-bond acceptors (Lipinski definition) is 1. The first-order valence-electron chi connectivity index (χ1n) is 5.70. The van der Waals surface area contributed by atoms with Crippen molar-refractivity contribution in [2.45, 2.75) is 61.4 Å². The Labute approximate surface area is 97.0 Å². The normalized spacial score (nSPS) is 48.6. The van der Waals surface area contributed by atoms with Crippen LogP contribution < -0.4 is 0 Å². The largest absolute Gasteiger partial charge is 0.393 e. The van der Waals surface area contributed by atoms with Crippen molar-refractivity contribution in [1.29, 1.82) is 0 Å². The van der Waals surface area contributed by atoms with Crippen LogP contribution in [0.2, 0.25) is 0 Å². The van der Waals surface area contributed by atoms with Crippen molar-refractivity contribution in [2.75, 3.05) is 0 Å². The summed E-state index contributed by atoms with van der Waals surface area (Å²) in [5.74, 6) is 0. The molecule has 0 aromatic rings. The van der Waals surface area contributed by atoms with Crippen molar-refractivity contribution in [3.8, 4) is 0 Å². The lowest BCUT2D eigenvalue weighted by Gasteiger charge is -2.54. The zero-order valence-electron chi connectivity index (χ0n) is 9.06. The number of hydrogen-bond donors (Lipinski definition) is 1. The van der Waals surface area contributed by atoms with E-state index in [9.17, 15) is 5.11 Å². The number of aliphatic hydroxyl groups is 1. The number of aliphatic hydroxyl groups excluding tert-OH is 1. The van der Waals surface area contributed by atoms with Crippen LogP contribution in [-0.2, 0) is 0 Å². The van der Waals surface area contributed by atoms with Crippen LogP contribution in [0.4, 0.5) is 0 Å². The molecule has 0 aliphatic heterocycles. The second kappa shape index (κ2) is 3.85. The van der Waals surface area contributed by atoms with Crippen molar-refractivity contribution in [3.05, 3.63) is 0 Å². The van der Waals surface area contributed by atoms with Gasteiger partial charge in [0.05, 0.1) is 6.10 Å². The highest BCUT2D eigenvalue weighted by molar-refractivity contribution is 14.2. The van der Waals surface area contributed by atoms with Gasteiger partial charge in [-0.25, -0.2) is 0 Å². The summed E-state index contributed by atoms with van der Waals surface area (Å²) < 4.78 is 4.74. The van der Waals surface area contributed by atoms with Crippen molar-refractivity contribution in [1.82, 2.24) is 0 Å². The average molecular weight is 308 g/mol. The predicted octanol–water partition coefficient (Wildman–Crippen LogP) is 3.25.